The number of carbonyl (C=O) groups excluding carboxylic acids is 1. The van der Waals surface area contributed by atoms with Gasteiger partial charge >= 0.3 is 35.7 Å². The van der Waals surface area contributed by atoms with Crippen LogP contribution in [0.5, 0.6) is 0 Å². The summed E-state index contributed by atoms with van der Waals surface area (Å²) in [6.45, 7) is 5.32. The summed E-state index contributed by atoms with van der Waals surface area (Å²) in [6, 6.07) is -0.322. The molecule has 18 heavy (non-hydrogen) atoms. The summed E-state index contributed by atoms with van der Waals surface area (Å²) < 4.78 is 27.2. The predicted molar refractivity (Wildman–Crippen MR) is 64.3 cm³/mol. The molecule has 1 aliphatic rings. The molecule has 1 aliphatic carbocycles. The summed E-state index contributed by atoms with van der Waals surface area (Å²) in [5, 5.41) is 2.16. The van der Waals surface area contributed by atoms with Gasteiger partial charge in [0.25, 0.3) is 0 Å². The van der Waals surface area contributed by atoms with Gasteiger partial charge in [0.1, 0.15) is 5.60 Å². The number of hydrogen-bond donors (Lipinski definition) is 1. The first-order valence-electron chi connectivity index (χ1n) is 5.87. The van der Waals surface area contributed by atoms with Crippen molar-refractivity contribution in [1.29, 1.82) is 0 Å². The van der Waals surface area contributed by atoms with E-state index in [1.165, 1.54) is 0 Å². The molecule has 1 unspecified atom stereocenters. The Morgan fingerprint density at radius 2 is 1.89 bits per heavy atom. The molecule has 0 heterocycles. The summed E-state index contributed by atoms with van der Waals surface area (Å²) in [5.41, 5.74) is -0.565. The van der Waals surface area contributed by atoms with E-state index in [4.69, 9.17) is 4.74 Å². The Morgan fingerprint density at radius 1 is 1.33 bits per heavy atom. The van der Waals surface area contributed by atoms with E-state index < -0.39 is 28.0 Å². The number of nitrogens with one attached hydrogen (secondary N) is 1. The van der Waals surface area contributed by atoms with Crippen LogP contribution in [0.1, 0.15) is 46.5 Å². The van der Waals surface area contributed by atoms with E-state index in [-0.39, 0.29) is 35.6 Å². The largest absolute Gasteiger partial charge is 1.00 e. The summed E-state index contributed by atoms with van der Waals surface area (Å²) in [7, 11) is 0. The van der Waals surface area contributed by atoms with Crippen molar-refractivity contribution in [1.82, 2.24) is 5.32 Å². The van der Waals surface area contributed by atoms with Crippen LogP contribution in [0.15, 0.2) is 0 Å². The molecule has 100 valence electrons. The van der Waals surface area contributed by atoms with E-state index in [0.717, 1.165) is 12.8 Å². The molecule has 5 nitrogen and oxygen atoms in total. The molecule has 1 amide bonds. The van der Waals surface area contributed by atoms with Crippen molar-refractivity contribution in [3.63, 3.8) is 0 Å². The standard InChI is InChI=1S/C11H21NO4S.Na/c1-11(2,3)16-10(13)12-8-6-4-5-7-9(8)17(14)15;/h8-9H,4-7H2,1-3H3,(H,12,13)(H,14,15);/q;+1/p-1/t8-,9+;/m1./s1. The zero-order valence-electron chi connectivity index (χ0n) is 11.5. The third-order valence-electron chi connectivity index (χ3n) is 2.65. The molecule has 1 rings (SSSR count). The average Bonchev–Trinajstić information content (AvgIpc) is 2.14. The molecular weight excluding hydrogens is 265 g/mol. The molecule has 0 saturated heterocycles. The van der Waals surface area contributed by atoms with Crippen molar-refractivity contribution in [2.75, 3.05) is 0 Å². The SMILES string of the molecule is CC(C)(C)OC(=O)N[C@@H]1CCCC[C@@H]1S(=O)[O-].[Na+]. The van der Waals surface area contributed by atoms with Crippen molar-refractivity contribution in [2.45, 2.75) is 63.3 Å². The second-order valence-corrected chi connectivity index (χ2v) is 6.46. The molecule has 1 saturated carbocycles. The monoisotopic (exact) mass is 285 g/mol. The van der Waals surface area contributed by atoms with Gasteiger partial charge in [0.15, 0.2) is 0 Å². The second-order valence-electron chi connectivity index (χ2n) is 5.34. The molecule has 0 aromatic carbocycles. The van der Waals surface area contributed by atoms with E-state index in [1.807, 2.05) is 0 Å². The van der Waals surface area contributed by atoms with Crippen LogP contribution < -0.4 is 34.9 Å². The third-order valence-corrected chi connectivity index (χ3v) is 3.71. The Balaban J connectivity index is 0.00000289. The van der Waals surface area contributed by atoms with Gasteiger partial charge in [-0.05, 0) is 33.6 Å². The second kappa shape index (κ2) is 7.85. The van der Waals surface area contributed by atoms with E-state index >= 15 is 0 Å². The Bertz CT molecular complexity index is 306. The van der Waals surface area contributed by atoms with Crippen molar-refractivity contribution in [3.05, 3.63) is 0 Å². The number of alkyl carbamates (subject to hydrolysis) is 1. The van der Waals surface area contributed by atoms with Crippen LogP contribution in [0.2, 0.25) is 0 Å². The number of ether oxygens (including phenoxy) is 1. The molecular formula is C11H20NNaO4S. The van der Waals surface area contributed by atoms with Crippen LogP contribution in [-0.2, 0) is 15.8 Å². The smallest absolute Gasteiger partial charge is 0.772 e. The van der Waals surface area contributed by atoms with Crippen LogP contribution in [0, 0.1) is 0 Å². The summed E-state index contributed by atoms with van der Waals surface area (Å²) >= 11 is -2.14. The number of hydrogen-bond acceptors (Lipinski definition) is 4. The maximum atomic E-state index is 11.6. The average molecular weight is 285 g/mol. The van der Waals surface area contributed by atoms with Crippen molar-refractivity contribution < 1.29 is 47.9 Å². The quantitative estimate of drug-likeness (QED) is 0.505. The van der Waals surface area contributed by atoms with Gasteiger partial charge in [-0.1, -0.05) is 23.9 Å². The fourth-order valence-electron chi connectivity index (χ4n) is 1.95. The van der Waals surface area contributed by atoms with Gasteiger partial charge in [0, 0.05) is 11.3 Å². The van der Waals surface area contributed by atoms with Crippen LogP contribution in [0.4, 0.5) is 4.79 Å². The van der Waals surface area contributed by atoms with Crippen LogP contribution in [0.3, 0.4) is 0 Å². The Kier molecular flexibility index (Phi) is 8.01. The first-order valence-corrected chi connectivity index (χ1v) is 7.01. The van der Waals surface area contributed by atoms with Gasteiger partial charge in [-0.25, -0.2) is 4.79 Å². The summed E-state index contributed by atoms with van der Waals surface area (Å²) in [4.78, 5) is 11.6. The van der Waals surface area contributed by atoms with E-state index in [9.17, 15) is 13.6 Å². The van der Waals surface area contributed by atoms with Gasteiger partial charge in [-0.2, -0.15) is 0 Å². The third kappa shape index (κ3) is 6.52. The van der Waals surface area contributed by atoms with Gasteiger partial charge in [0.2, 0.25) is 0 Å². The normalized spacial score (nSPS) is 25.8. The first-order chi connectivity index (χ1) is 7.79. The molecule has 0 aliphatic heterocycles. The zero-order valence-corrected chi connectivity index (χ0v) is 14.3. The van der Waals surface area contributed by atoms with Gasteiger partial charge in [-0.3, -0.25) is 4.21 Å². The molecule has 0 spiro atoms. The minimum atomic E-state index is -2.14. The number of amides is 1. The van der Waals surface area contributed by atoms with E-state index in [1.54, 1.807) is 20.8 Å². The molecule has 1 fully saturated rings. The predicted octanol–water partition coefficient (Wildman–Crippen LogP) is -1.29. The Hall–Kier alpha value is 0.380. The van der Waals surface area contributed by atoms with Gasteiger partial charge in [0.05, 0.1) is 0 Å². The fraction of sp³-hybridized carbons (Fsp3) is 0.909. The molecule has 0 aromatic heterocycles. The summed E-state index contributed by atoms with van der Waals surface area (Å²) in [5.74, 6) is 0. The van der Waals surface area contributed by atoms with Crippen LogP contribution >= 0.6 is 0 Å². The Labute approximate surface area is 133 Å². The van der Waals surface area contributed by atoms with Gasteiger partial charge in [-0.15, -0.1) is 0 Å². The molecule has 0 bridgehead atoms. The van der Waals surface area contributed by atoms with E-state index in [0.29, 0.717) is 12.8 Å². The summed E-state index contributed by atoms with van der Waals surface area (Å²) in [6.07, 6.45) is 2.59. The van der Waals surface area contributed by atoms with Crippen molar-refractivity contribution in [3.8, 4) is 0 Å². The van der Waals surface area contributed by atoms with Crippen LogP contribution in [0.25, 0.3) is 0 Å². The fourth-order valence-corrected chi connectivity index (χ4v) is 2.78. The first kappa shape index (κ1) is 18.4. The minimum absolute atomic E-state index is 0. The van der Waals surface area contributed by atoms with Crippen molar-refractivity contribution >= 4 is 17.2 Å². The van der Waals surface area contributed by atoms with Gasteiger partial charge < -0.3 is 14.6 Å². The number of rotatable bonds is 2. The maximum Gasteiger partial charge on any atom is 1.00 e. The minimum Gasteiger partial charge on any atom is -0.772 e. The molecule has 7 heteroatoms. The zero-order chi connectivity index (χ0) is 13.1. The van der Waals surface area contributed by atoms with Crippen LogP contribution in [-0.4, -0.2) is 31.7 Å². The molecule has 0 aromatic rings. The van der Waals surface area contributed by atoms with E-state index in [2.05, 4.69) is 5.32 Å². The molecule has 1 N–H and O–H groups in total. The number of carbonyl (C=O) groups is 1. The molecule has 0 radical (unpaired) electrons. The molecule has 3 atom stereocenters. The maximum absolute atomic E-state index is 11.6. The topological polar surface area (TPSA) is 78.5 Å². The van der Waals surface area contributed by atoms with Crippen molar-refractivity contribution in [2.24, 2.45) is 0 Å². The Morgan fingerprint density at radius 3 is 2.39 bits per heavy atom.